The number of aliphatic imine (C=N–C) groups is 1. The lowest BCUT2D eigenvalue weighted by Crippen LogP contribution is -2.45. The molecule has 0 bridgehead atoms. The van der Waals surface area contributed by atoms with Gasteiger partial charge in [0.15, 0.2) is 0 Å². The Labute approximate surface area is 315 Å². The number of nitrogens with zero attached hydrogens (tertiary/aromatic N) is 5. The van der Waals surface area contributed by atoms with E-state index in [9.17, 15) is 9.59 Å². The number of carbonyl (C=O) groups is 2. The van der Waals surface area contributed by atoms with Crippen LogP contribution >= 0.6 is 0 Å². The first kappa shape index (κ1) is 33.3. The van der Waals surface area contributed by atoms with E-state index in [2.05, 4.69) is 65.6 Å². The third kappa shape index (κ3) is 5.90. The van der Waals surface area contributed by atoms with E-state index in [1.807, 2.05) is 57.4 Å². The Morgan fingerprint density at radius 1 is 0.685 bits per heavy atom. The van der Waals surface area contributed by atoms with Gasteiger partial charge in [-0.25, -0.2) is 19.6 Å². The van der Waals surface area contributed by atoms with Crippen LogP contribution in [0.25, 0.3) is 44.3 Å². The first-order valence-electron chi connectivity index (χ1n) is 19.4. The summed E-state index contributed by atoms with van der Waals surface area (Å²) in [5.41, 5.74) is 9.06. The fraction of sp³-hybridized carbons (Fsp3) is 0.432. The number of pyridine rings is 1. The van der Waals surface area contributed by atoms with Gasteiger partial charge in [0, 0.05) is 35.2 Å². The van der Waals surface area contributed by atoms with Crippen LogP contribution in [0.5, 0.6) is 0 Å². The molecule has 4 fully saturated rings. The average molecular weight is 723 g/mol. The predicted molar refractivity (Wildman–Crippen MR) is 209 cm³/mol. The van der Waals surface area contributed by atoms with E-state index in [1.54, 1.807) is 0 Å². The molecule has 3 aliphatic heterocycles. The summed E-state index contributed by atoms with van der Waals surface area (Å²) < 4.78 is 11.6. The van der Waals surface area contributed by atoms with Crippen LogP contribution in [-0.4, -0.2) is 72.0 Å². The molecule has 10 nitrogen and oxygen atoms in total. The van der Waals surface area contributed by atoms with Crippen LogP contribution < -0.4 is 0 Å². The lowest BCUT2D eigenvalue weighted by Gasteiger charge is -2.30. The number of carbonyl (C=O) groups excluding carboxylic acids is 2. The van der Waals surface area contributed by atoms with Crippen molar-refractivity contribution in [2.24, 2.45) is 16.8 Å². The number of piperidine rings is 2. The van der Waals surface area contributed by atoms with Crippen molar-refractivity contribution >= 4 is 45.5 Å². The number of likely N-dealkylation sites (tertiary alicyclic amines) is 2. The molecule has 5 aromatic rings. The number of amides is 2. The lowest BCUT2D eigenvalue weighted by molar-refractivity contribution is 0.0173. The van der Waals surface area contributed by atoms with Crippen molar-refractivity contribution in [2.75, 3.05) is 0 Å². The second-order valence-corrected chi connectivity index (χ2v) is 18.0. The first-order chi connectivity index (χ1) is 25.7. The van der Waals surface area contributed by atoms with Crippen molar-refractivity contribution in [3.63, 3.8) is 0 Å². The van der Waals surface area contributed by atoms with Crippen LogP contribution in [0.3, 0.4) is 0 Å². The second-order valence-electron chi connectivity index (χ2n) is 18.0. The molecule has 10 heteroatoms. The Morgan fingerprint density at radius 3 is 2.04 bits per heavy atom. The highest BCUT2D eigenvalue weighted by Crippen LogP contribution is 2.54. The summed E-state index contributed by atoms with van der Waals surface area (Å²) in [6.45, 7) is 11.5. The zero-order valence-corrected chi connectivity index (χ0v) is 31.7. The molecule has 3 aromatic carbocycles. The largest absolute Gasteiger partial charge is 0.444 e. The molecule has 54 heavy (non-hydrogen) atoms. The van der Waals surface area contributed by atoms with Crippen molar-refractivity contribution in [3.05, 3.63) is 78.1 Å². The van der Waals surface area contributed by atoms with E-state index in [4.69, 9.17) is 24.4 Å². The quantitative estimate of drug-likeness (QED) is 0.198. The fourth-order valence-electron chi connectivity index (χ4n) is 9.02. The minimum absolute atomic E-state index is 0.00346. The summed E-state index contributed by atoms with van der Waals surface area (Å²) in [5, 5.41) is 1.07. The van der Waals surface area contributed by atoms with E-state index in [-0.39, 0.29) is 36.4 Å². The predicted octanol–water partition coefficient (Wildman–Crippen LogP) is 9.54. The van der Waals surface area contributed by atoms with Gasteiger partial charge in [0.2, 0.25) is 0 Å². The van der Waals surface area contributed by atoms with Crippen molar-refractivity contribution < 1.29 is 19.1 Å². The summed E-state index contributed by atoms with van der Waals surface area (Å²) in [6.07, 6.45) is 4.25. The van der Waals surface area contributed by atoms with Crippen LogP contribution in [0.2, 0.25) is 0 Å². The van der Waals surface area contributed by atoms with Gasteiger partial charge in [-0.05, 0) is 138 Å². The highest BCUT2D eigenvalue weighted by molar-refractivity contribution is 6.00. The number of H-pyrrole nitrogens is 1. The third-order valence-corrected chi connectivity index (χ3v) is 11.7. The topological polar surface area (TPSA) is 113 Å². The molecular formula is C44H46N6O4. The van der Waals surface area contributed by atoms with Gasteiger partial charge in [0.05, 0.1) is 40.0 Å². The molecular weight excluding hydrogens is 677 g/mol. The van der Waals surface area contributed by atoms with E-state index in [0.29, 0.717) is 11.8 Å². The zero-order chi connectivity index (χ0) is 37.3. The number of rotatable bonds is 4. The Bertz CT molecular complexity index is 2420. The lowest BCUT2D eigenvalue weighted by atomic mass is 9.97. The monoisotopic (exact) mass is 722 g/mol. The zero-order valence-electron chi connectivity index (χ0n) is 31.7. The van der Waals surface area contributed by atoms with Crippen molar-refractivity contribution in [1.82, 2.24) is 24.8 Å². The van der Waals surface area contributed by atoms with Gasteiger partial charge in [0.1, 0.15) is 17.0 Å². The number of ether oxygens (including phenoxy) is 2. The molecule has 2 saturated carbocycles. The van der Waals surface area contributed by atoms with E-state index in [1.165, 1.54) is 5.56 Å². The SMILES string of the molecule is CC(C)(C)OC(=O)N1[C@@H]2C[C@@H]2C[C@H]1C1=Nc2ccc(-c3ccc4nc(-c5ccc6nc([C@@H]7C[C@H]8C[C@H]8N7C(=O)OC(C)(C)C)[nH]c6c5)ccc4c3)cc2C1. The maximum Gasteiger partial charge on any atom is 0.411 e. The van der Waals surface area contributed by atoms with Crippen LogP contribution in [0.1, 0.15) is 84.7 Å². The number of hydrogen-bond acceptors (Lipinski definition) is 7. The molecule has 5 heterocycles. The summed E-state index contributed by atoms with van der Waals surface area (Å²) >= 11 is 0. The molecule has 10 rings (SSSR count). The Hall–Kier alpha value is -5.25. The van der Waals surface area contributed by atoms with E-state index >= 15 is 0 Å². The second kappa shape index (κ2) is 11.6. The number of hydrogen-bond donors (Lipinski definition) is 1. The smallest absolute Gasteiger partial charge is 0.411 e. The summed E-state index contributed by atoms with van der Waals surface area (Å²) in [4.78, 5) is 48.8. The maximum absolute atomic E-state index is 13.2. The molecule has 0 radical (unpaired) electrons. The Kier molecular flexibility index (Phi) is 7.17. The minimum Gasteiger partial charge on any atom is -0.444 e. The van der Waals surface area contributed by atoms with Gasteiger partial charge in [-0.15, -0.1) is 0 Å². The first-order valence-corrected chi connectivity index (χ1v) is 19.4. The van der Waals surface area contributed by atoms with E-state index < -0.39 is 11.2 Å². The Morgan fingerprint density at radius 2 is 1.31 bits per heavy atom. The molecule has 5 aliphatic rings. The van der Waals surface area contributed by atoms with Crippen LogP contribution in [0, 0.1) is 11.8 Å². The minimum atomic E-state index is -0.544. The molecule has 2 aromatic heterocycles. The normalized spacial score (nSPS) is 25.4. The number of imidazole rings is 1. The van der Waals surface area contributed by atoms with Crippen molar-refractivity contribution in [3.8, 4) is 22.4 Å². The molecule has 2 saturated heterocycles. The van der Waals surface area contributed by atoms with Gasteiger partial charge in [-0.1, -0.05) is 24.3 Å². The summed E-state index contributed by atoms with van der Waals surface area (Å²) in [7, 11) is 0. The third-order valence-electron chi connectivity index (χ3n) is 11.7. The molecule has 0 unspecified atom stereocenters. The molecule has 0 spiro atoms. The van der Waals surface area contributed by atoms with Gasteiger partial charge >= 0.3 is 12.2 Å². The molecule has 2 aliphatic carbocycles. The molecule has 6 atom stereocenters. The molecule has 1 N–H and O–H groups in total. The standard InChI is InChI=1S/C44H46N6O4/c1-43(2,3)53-41(51)49-36-19-28(36)21-38(49)35-18-27-16-24(8-12-32(27)46-35)23-7-11-30-25(15-23)9-13-31(45-30)26-10-14-33-34(17-26)48-40(47-33)39-22-29-20-37(29)50(39)42(52)54-44(4,5)6/h7-17,28-29,36-39H,18-22H2,1-6H3,(H,47,48)/t28-,29-,36-,37-,38+,39+/m1/s1. The van der Waals surface area contributed by atoms with Crippen LogP contribution in [0.15, 0.2) is 71.7 Å². The summed E-state index contributed by atoms with van der Waals surface area (Å²) in [6, 6.07) is 23.8. The fourth-order valence-corrected chi connectivity index (χ4v) is 9.02. The number of aromatic nitrogens is 3. The van der Waals surface area contributed by atoms with Crippen molar-refractivity contribution in [2.45, 2.75) is 109 Å². The molecule has 276 valence electrons. The highest BCUT2D eigenvalue weighted by Gasteiger charge is 2.57. The van der Waals surface area contributed by atoms with Gasteiger partial charge in [-0.3, -0.25) is 14.8 Å². The number of fused-ring (bicyclic) bond motifs is 5. The van der Waals surface area contributed by atoms with Crippen LogP contribution in [0.4, 0.5) is 15.3 Å². The van der Waals surface area contributed by atoms with E-state index in [0.717, 1.165) is 93.6 Å². The Balaban J connectivity index is 0.858. The number of aromatic amines is 1. The van der Waals surface area contributed by atoms with Crippen molar-refractivity contribution in [1.29, 1.82) is 0 Å². The highest BCUT2D eigenvalue weighted by atomic mass is 16.6. The van der Waals surface area contributed by atoms with Gasteiger partial charge in [-0.2, -0.15) is 0 Å². The number of nitrogens with one attached hydrogen (secondary N) is 1. The number of benzene rings is 3. The van der Waals surface area contributed by atoms with Gasteiger partial charge < -0.3 is 14.5 Å². The average Bonchev–Trinajstić information content (AvgIpc) is 3.77. The van der Waals surface area contributed by atoms with Crippen LogP contribution in [-0.2, 0) is 15.9 Å². The summed E-state index contributed by atoms with van der Waals surface area (Å²) in [5.74, 6) is 1.89. The molecule has 2 amide bonds. The van der Waals surface area contributed by atoms with Gasteiger partial charge in [0.25, 0.3) is 0 Å². The maximum atomic E-state index is 13.2.